The first-order valence-corrected chi connectivity index (χ1v) is 12.5. The number of aryl methyl sites for hydroxylation is 2. The van der Waals surface area contributed by atoms with Gasteiger partial charge in [-0.05, 0) is 73.5 Å². The molecular formula is C30H25Cl2N3O4. The van der Waals surface area contributed by atoms with Crippen LogP contribution in [-0.2, 0) is 6.42 Å². The Hall–Kier alpha value is -4.25. The lowest BCUT2D eigenvalue weighted by atomic mass is 9.92. The normalized spacial score (nSPS) is 11.0. The quantitative estimate of drug-likeness (QED) is 0.249. The molecule has 0 radical (unpaired) electrons. The molecule has 0 saturated heterocycles. The number of methoxy groups -OCH3 is 1. The van der Waals surface area contributed by atoms with Crippen molar-refractivity contribution in [3.63, 3.8) is 0 Å². The van der Waals surface area contributed by atoms with E-state index in [4.69, 9.17) is 27.9 Å². The molecule has 2 aromatic heterocycles. The van der Waals surface area contributed by atoms with Crippen LogP contribution in [0.3, 0.4) is 0 Å². The Labute approximate surface area is 236 Å². The van der Waals surface area contributed by atoms with Gasteiger partial charge in [-0.25, -0.2) is 0 Å². The molecule has 0 amide bonds. The average molecular weight is 562 g/mol. The van der Waals surface area contributed by atoms with Gasteiger partial charge in [0.2, 0.25) is 0 Å². The highest BCUT2D eigenvalue weighted by atomic mass is 35.5. The Bertz CT molecular complexity index is 1550. The van der Waals surface area contributed by atoms with E-state index >= 15 is 0 Å². The molecule has 39 heavy (non-hydrogen) atoms. The monoisotopic (exact) mass is 561 g/mol. The maximum Gasteiger partial charge on any atom is 0.184 e. The molecule has 1 unspecified atom stereocenters. The summed E-state index contributed by atoms with van der Waals surface area (Å²) in [5.41, 5.74) is 3.76. The summed E-state index contributed by atoms with van der Waals surface area (Å²) in [6, 6.07) is 18.2. The molecule has 0 fully saturated rings. The van der Waals surface area contributed by atoms with Crippen molar-refractivity contribution in [3.05, 3.63) is 117 Å². The maximum atomic E-state index is 12.5. The van der Waals surface area contributed by atoms with Crippen molar-refractivity contribution in [2.75, 3.05) is 7.11 Å². The SMILES string of the molecule is COc1ccc(C(C#N)C(=O)c2ccnc(C)c2)c(Cl)c1.Cc1cc(C(=O)Cc2ccc(O)cc2Cl)ccn1. The van der Waals surface area contributed by atoms with Gasteiger partial charge in [0.1, 0.15) is 17.4 Å². The highest BCUT2D eigenvalue weighted by molar-refractivity contribution is 6.32. The number of benzene rings is 2. The van der Waals surface area contributed by atoms with Crippen LogP contribution in [0.1, 0.15) is 49.1 Å². The molecular weight excluding hydrogens is 537 g/mol. The average Bonchev–Trinajstić information content (AvgIpc) is 2.91. The number of Topliss-reactive ketones (excluding diaryl/α,β-unsaturated/α-hetero) is 2. The molecule has 0 spiro atoms. The van der Waals surface area contributed by atoms with Crippen LogP contribution in [0.4, 0.5) is 0 Å². The first-order chi connectivity index (χ1) is 18.6. The second kappa shape index (κ2) is 13.5. The highest BCUT2D eigenvalue weighted by Gasteiger charge is 2.24. The number of phenolic OH excluding ortho intramolecular Hbond substituents is 1. The zero-order chi connectivity index (χ0) is 28.5. The molecule has 7 nitrogen and oxygen atoms in total. The van der Waals surface area contributed by atoms with Crippen LogP contribution >= 0.6 is 23.2 Å². The van der Waals surface area contributed by atoms with Crippen LogP contribution < -0.4 is 4.74 Å². The summed E-state index contributed by atoms with van der Waals surface area (Å²) in [5.74, 6) is -0.600. The second-order valence-electron chi connectivity index (χ2n) is 8.56. The van der Waals surface area contributed by atoms with E-state index in [9.17, 15) is 20.0 Å². The van der Waals surface area contributed by atoms with Crippen LogP contribution in [0.5, 0.6) is 11.5 Å². The van der Waals surface area contributed by atoms with E-state index in [1.54, 1.807) is 67.8 Å². The third kappa shape index (κ3) is 7.87. The van der Waals surface area contributed by atoms with Gasteiger partial charge < -0.3 is 9.84 Å². The number of aromatic nitrogens is 2. The fourth-order valence-corrected chi connectivity index (χ4v) is 4.20. The summed E-state index contributed by atoms with van der Waals surface area (Å²) in [5, 5.41) is 19.3. The first-order valence-electron chi connectivity index (χ1n) is 11.8. The molecule has 9 heteroatoms. The van der Waals surface area contributed by atoms with Crippen LogP contribution in [0.2, 0.25) is 10.0 Å². The Morgan fingerprint density at radius 2 is 1.56 bits per heavy atom. The lowest BCUT2D eigenvalue weighted by molar-refractivity contribution is 0.0975. The van der Waals surface area contributed by atoms with E-state index in [-0.39, 0.29) is 23.7 Å². The van der Waals surface area contributed by atoms with E-state index < -0.39 is 5.92 Å². The first kappa shape index (κ1) is 29.3. The summed E-state index contributed by atoms with van der Waals surface area (Å²) >= 11 is 12.1. The number of halogens is 2. The maximum absolute atomic E-state index is 12.5. The van der Waals surface area contributed by atoms with Gasteiger partial charge in [-0.3, -0.25) is 19.6 Å². The van der Waals surface area contributed by atoms with Crippen LogP contribution in [0.25, 0.3) is 0 Å². The van der Waals surface area contributed by atoms with Crippen LogP contribution in [0, 0.1) is 25.2 Å². The van der Waals surface area contributed by atoms with E-state index in [2.05, 4.69) is 9.97 Å². The zero-order valence-corrected chi connectivity index (χ0v) is 23.0. The summed E-state index contributed by atoms with van der Waals surface area (Å²) in [7, 11) is 1.53. The lowest BCUT2D eigenvalue weighted by Crippen LogP contribution is -2.12. The molecule has 198 valence electrons. The van der Waals surface area contributed by atoms with Crippen molar-refractivity contribution in [1.82, 2.24) is 9.97 Å². The molecule has 0 bridgehead atoms. The molecule has 2 aromatic carbocycles. The van der Waals surface area contributed by atoms with Gasteiger partial charge >= 0.3 is 0 Å². The molecule has 2 heterocycles. The summed E-state index contributed by atoms with van der Waals surface area (Å²) in [6.07, 6.45) is 3.37. The van der Waals surface area contributed by atoms with Gasteiger partial charge in [0, 0.05) is 51.4 Å². The number of pyridine rings is 2. The fourth-order valence-electron chi connectivity index (χ4n) is 3.68. The van der Waals surface area contributed by atoms with Crippen molar-refractivity contribution in [2.24, 2.45) is 0 Å². The predicted molar refractivity (Wildman–Crippen MR) is 150 cm³/mol. The van der Waals surface area contributed by atoms with Gasteiger partial charge in [-0.2, -0.15) is 5.26 Å². The smallest absolute Gasteiger partial charge is 0.184 e. The number of hydrogen-bond acceptors (Lipinski definition) is 7. The van der Waals surface area contributed by atoms with Crippen molar-refractivity contribution in [1.29, 1.82) is 5.26 Å². The number of rotatable bonds is 7. The molecule has 0 aliphatic rings. The van der Waals surface area contributed by atoms with Crippen molar-refractivity contribution >= 4 is 34.8 Å². The van der Waals surface area contributed by atoms with Gasteiger partial charge in [-0.1, -0.05) is 35.3 Å². The number of nitriles is 1. The predicted octanol–water partition coefficient (Wildman–Crippen LogP) is 6.72. The van der Waals surface area contributed by atoms with Crippen molar-refractivity contribution < 1.29 is 19.4 Å². The van der Waals surface area contributed by atoms with Crippen LogP contribution in [0.15, 0.2) is 73.1 Å². The number of carbonyl (C=O) groups excluding carboxylic acids is 2. The van der Waals surface area contributed by atoms with Crippen molar-refractivity contribution in [2.45, 2.75) is 26.2 Å². The number of ether oxygens (including phenoxy) is 1. The van der Waals surface area contributed by atoms with Gasteiger partial charge in [0.25, 0.3) is 0 Å². The molecule has 1 atom stereocenters. The zero-order valence-electron chi connectivity index (χ0n) is 21.5. The molecule has 0 saturated carbocycles. The topological polar surface area (TPSA) is 113 Å². The molecule has 4 aromatic rings. The summed E-state index contributed by atoms with van der Waals surface area (Å²) in [4.78, 5) is 32.6. The Morgan fingerprint density at radius 1 is 0.923 bits per heavy atom. The van der Waals surface area contributed by atoms with E-state index in [1.807, 2.05) is 13.0 Å². The number of carbonyl (C=O) groups is 2. The Morgan fingerprint density at radius 3 is 2.13 bits per heavy atom. The summed E-state index contributed by atoms with van der Waals surface area (Å²) in [6.45, 7) is 3.63. The minimum Gasteiger partial charge on any atom is -0.508 e. The van der Waals surface area contributed by atoms with Gasteiger partial charge in [0.15, 0.2) is 11.6 Å². The third-order valence-corrected chi connectivity index (χ3v) is 6.38. The van der Waals surface area contributed by atoms with E-state index in [1.165, 1.54) is 19.2 Å². The summed E-state index contributed by atoms with van der Waals surface area (Å²) < 4.78 is 5.06. The van der Waals surface area contributed by atoms with Gasteiger partial charge in [0.05, 0.1) is 13.2 Å². The van der Waals surface area contributed by atoms with Crippen molar-refractivity contribution in [3.8, 4) is 17.6 Å². The number of nitrogens with zero attached hydrogens (tertiary/aromatic N) is 3. The number of ketones is 2. The fraction of sp³-hybridized carbons (Fsp3) is 0.167. The lowest BCUT2D eigenvalue weighted by Gasteiger charge is -2.12. The molecule has 0 aliphatic heterocycles. The highest BCUT2D eigenvalue weighted by Crippen LogP contribution is 2.30. The van der Waals surface area contributed by atoms with E-state index in [0.717, 1.165) is 11.4 Å². The largest absolute Gasteiger partial charge is 0.508 e. The Kier molecular flexibility index (Phi) is 10.2. The Balaban J connectivity index is 0.000000218. The molecule has 1 N–H and O–H groups in total. The van der Waals surface area contributed by atoms with E-state index in [0.29, 0.717) is 38.0 Å². The second-order valence-corrected chi connectivity index (χ2v) is 9.38. The number of aromatic hydroxyl groups is 1. The molecule has 0 aliphatic carbocycles. The number of phenols is 1. The minimum absolute atomic E-state index is 0.0203. The van der Waals surface area contributed by atoms with Crippen LogP contribution in [-0.4, -0.2) is 33.8 Å². The minimum atomic E-state index is -0.954. The molecule has 4 rings (SSSR count). The standard InChI is InChI=1S/C16H13ClN2O2.C14H12ClNO2/c1-10-7-11(5-6-19-10)16(20)14(9-18)13-4-3-12(21-2)8-15(13)17;1-9-6-11(4-5-16-9)14(18)7-10-2-3-12(17)8-13(10)15/h3-8,14H,1-2H3;2-6,8,17H,7H2,1H3. The third-order valence-electron chi connectivity index (χ3n) is 5.70. The van der Waals surface area contributed by atoms with Gasteiger partial charge in [-0.15, -0.1) is 0 Å². The number of hydrogen-bond donors (Lipinski definition) is 1.